The van der Waals surface area contributed by atoms with Gasteiger partial charge in [0.2, 0.25) is 5.82 Å². The average molecular weight is 346 g/mol. The second-order valence-corrected chi connectivity index (χ2v) is 5.17. The van der Waals surface area contributed by atoms with Gasteiger partial charge >= 0.3 is 0 Å². The summed E-state index contributed by atoms with van der Waals surface area (Å²) in [4.78, 5) is 4.38. The molecular weight excluding hydrogens is 334 g/mol. The summed E-state index contributed by atoms with van der Waals surface area (Å²) >= 11 is 3.35. The van der Waals surface area contributed by atoms with Gasteiger partial charge in [-0.05, 0) is 56.2 Å². The van der Waals surface area contributed by atoms with E-state index < -0.39 is 0 Å². The lowest BCUT2D eigenvalue weighted by atomic mass is 10.2. The van der Waals surface area contributed by atoms with Crippen LogP contribution < -0.4 is 4.74 Å². The summed E-state index contributed by atoms with van der Waals surface area (Å²) in [6, 6.07) is 13.4. The Kier molecular flexibility index (Phi) is 3.92. The Labute approximate surface area is 129 Å². The smallest absolute Gasteiger partial charge is 0.201 e. The standard InChI is InChI=1S/C14H12BrN5O/c1-21-11-7-5-10(6-8-11)9-20-14(17-18-19-20)12-3-2-4-13(15)16-12/h2-8H,9H2,1H3. The molecule has 2 aromatic heterocycles. The summed E-state index contributed by atoms with van der Waals surface area (Å²) in [7, 11) is 1.65. The fourth-order valence-electron chi connectivity index (χ4n) is 1.93. The summed E-state index contributed by atoms with van der Waals surface area (Å²) in [5, 5.41) is 11.8. The van der Waals surface area contributed by atoms with Crippen LogP contribution in [0.5, 0.6) is 5.75 Å². The first-order chi connectivity index (χ1) is 10.3. The molecule has 0 bridgehead atoms. The van der Waals surface area contributed by atoms with Gasteiger partial charge in [0.1, 0.15) is 16.0 Å². The Bertz CT molecular complexity index is 741. The van der Waals surface area contributed by atoms with Gasteiger partial charge < -0.3 is 4.74 Å². The second-order valence-electron chi connectivity index (χ2n) is 4.35. The van der Waals surface area contributed by atoms with Crippen LogP contribution in [0.1, 0.15) is 5.56 Å². The molecule has 1 aromatic carbocycles. The number of nitrogens with zero attached hydrogens (tertiary/aromatic N) is 5. The molecule has 0 aliphatic heterocycles. The maximum Gasteiger partial charge on any atom is 0.201 e. The fraction of sp³-hybridized carbons (Fsp3) is 0.143. The van der Waals surface area contributed by atoms with E-state index in [1.807, 2.05) is 42.5 Å². The van der Waals surface area contributed by atoms with Gasteiger partial charge in [0.25, 0.3) is 0 Å². The van der Waals surface area contributed by atoms with Gasteiger partial charge in [-0.1, -0.05) is 18.2 Å². The van der Waals surface area contributed by atoms with Crippen LogP contribution in [-0.2, 0) is 6.54 Å². The predicted molar refractivity (Wildman–Crippen MR) is 80.8 cm³/mol. The summed E-state index contributed by atoms with van der Waals surface area (Å²) in [5.74, 6) is 1.46. The zero-order chi connectivity index (χ0) is 14.7. The monoisotopic (exact) mass is 345 g/mol. The van der Waals surface area contributed by atoms with E-state index in [-0.39, 0.29) is 0 Å². The van der Waals surface area contributed by atoms with Crippen LogP contribution in [0.15, 0.2) is 47.1 Å². The van der Waals surface area contributed by atoms with Gasteiger partial charge in [-0.15, -0.1) is 5.10 Å². The van der Waals surface area contributed by atoms with Crippen molar-refractivity contribution in [3.8, 4) is 17.3 Å². The Hall–Kier alpha value is -2.28. The van der Waals surface area contributed by atoms with Crippen LogP contribution in [0, 0.1) is 0 Å². The number of hydrogen-bond acceptors (Lipinski definition) is 5. The SMILES string of the molecule is COc1ccc(Cn2nnnc2-c2cccc(Br)n2)cc1. The Morgan fingerprint density at radius 1 is 1.14 bits per heavy atom. The molecule has 6 nitrogen and oxygen atoms in total. The molecule has 21 heavy (non-hydrogen) atoms. The first-order valence-corrected chi connectivity index (χ1v) is 7.07. The third kappa shape index (κ3) is 3.08. The van der Waals surface area contributed by atoms with E-state index >= 15 is 0 Å². The molecule has 0 atom stereocenters. The molecule has 106 valence electrons. The van der Waals surface area contributed by atoms with Crippen molar-refractivity contribution >= 4 is 15.9 Å². The van der Waals surface area contributed by atoms with Crippen molar-refractivity contribution in [2.45, 2.75) is 6.54 Å². The average Bonchev–Trinajstić information content (AvgIpc) is 2.96. The molecule has 0 amide bonds. The Balaban J connectivity index is 1.88. The third-order valence-electron chi connectivity index (χ3n) is 2.97. The minimum Gasteiger partial charge on any atom is -0.497 e. The van der Waals surface area contributed by atoms with E-state index in [4.69, 9.17) is 4.74 Å². The number of tetrazole rings is 1. The molecule has 7 heteroatoms. The van der Waals surface area contributed by atoms with Gasteiger partial charge in [-0.2, -0.15) is 0 Å². The van der Waals surface area contributed by atoms with Crippen LogP contribution >= 0.6 is 15.9 Å². The van der Waals surface area contributed by atoms with Crippen LogP contribution in [-0.4, -0.2) is 32.3 Å². The summed E-state index contributed by atoms with van der Waals surface area (Å²) in [5.41, 5.74) is 1.81. The zero-order valence-electron chi connectivity index (χ0n) is 11.3. The second kappa shape index (κ2) is 6.01. The first-order valence-electron chi connectivity index (χ1n) is 6.28. The largest absolute Gasteiger partial charge is 0.497 e. The molecular formula is C14H12BrN5O. The van der Waals surface area contributed by atoms with Crippen molar-refractivity contribution in [1.82, 2.24) is 25.2 Å². The maximum absolute atomic E-state index is 5.15. The molecule has 0 radical (unpaired) electrons. The van der Waals surface area contributed by atoms with Gasteiger partial charge in [0, 0.05) is 0 Å². The van der Waals surface area contributed by atoms with Crippen LogP contribution in [0.25, 0.3) is 11.5 Å². The van der Waals surface area contributed by atoms with Gasteiger partial charge in [0.05, 0.1) is 13.7 Å². The summed E-state index contributed by atoms with van der Waals surface area (Å²) in [6.07, 6.45) is 0. The lowest BCUT2D eigenvalue weighted by Crippen LogP contribution is -2.05. The van der Waals surface area contributed by atoms with Crippen molar-refractivity contribution < 1.29 is 4.74 Å². The molecule has 2 heterocycles. The first kappa shape index (κ1) is 13.7. The summed E-state index contributed by atoms with van der Waals surface area (Å²) < 4.78 is 7.62. The van der Waals surface area contributed by atoms with E-state index in [9.17, 15) is 0 Å². The number of methoxy groups -OCH3 is 1. The molecule has 0 saturated carbocycles. The van der Waals surface area contributed by atoms with E-state index in [0.29, 0.717) is 12.4 Å². The molecule has 0 aliphatic carbocycles. The van der Waals surface area contributed by atoms with Crippen molar-refractivity contribution in [3.63, 3.8) is 0 Å². The number of halogens is 1. The molecule has 0 spiro atoms. The highest BCUT2D eigenvalue weighted by Crippen LogP contribution is 2.18. The molecule has 0 aliphatic rings. The van der Waals surface area contributed by atoms with E-state index in [1.165, 1.54) is 0 Å². The number of aromatic nitrogens is 5. The Morgan fingerprint density at radius 3 is 2.67 bits per heavy atom. The molecule has 0 fully saturated rings. The van der Waals surface area contributed by atoms with E-state index in [0.717, 1.165) is 21.6 Å². The van der Waals surface area contributed by atoms with E-state index in [1.54, 1.807) is 11.8 Å². The molecule has 3 aromatic rings. The van der Waals surface area contributed by atoms with Crippen LogP contribution in [0.3, 0.4) is 0 Å². The topological polar surface area (TPSA) is 65.7 Å². The highest BCUT2D eigenvalue weighted by atomic mass is 79.9. The quantitative estimate of drug-likeness (QED) is 0.680. The molecule has 0 N–H and O–H groups in total. The van der Waals surface area contributed by atoms with E-state index in [2.05, 4.69) is 36.4 Å². The van der Waals surface area contributed by atoms with Crippen LogP contribution in [0.2, 0.25) is 0 Å². The molecule has 0 unspecified atom stereocenters. The molecule has 0 saturated heterocycles. The number of hydrogen-bond donors (Lipinski definition) is 0. The normalized spacial score (nSPS) is 10.6. The van der Waals surface area contributed by atoms with Gasteiger partial charge in [-0.3, -0.25) is 0 Å². The lowest BCUT2D eigenvalue weighted by Gasteiger charge is -2.06. The number of ether oxygens (including phenoxy) is 1. The van der Waals surface area contributed by atoms with Crippen molar-refractivity contribution in [3.05, 3.63) is 52.6 Å². The predicted octanol–water partition coefficient (Wildman–Crippen LogP) is 2.55. The number of pyridine rings is 1. The minimum atomic E-state index is 0.570. The fourth-order valence-corrected chi connectivity index (χ4v) is 2.27. The van der Waals surface area contributed by atoms with Crippen LogP contribution in [0.4, 0.5) is 0 Å². The maximum atomic E-state index is 5.15. The summed E-state index contributed by atoms with van der Waals surface area (Å²) in [6.45, 7) is 0.570. The Morgan fingerprint density at radius 2 is 1.95 bits per heavy atom. The zero-order valence-corrected chi connectivity index (χ0v) is 12.9. The number of rotatable bonds is 4. The van der Waals surface area contributed by atoms with Crippen molar-refractivity contribution in [2.75, 3.05) is 7.11 Å². The molecule has 3 rings (SSSR count). The lowest BCUT2D eigenvalue weighted by molar-refractivity contribution is 0.414. The number of benzene rings is 1. The van der Waals surface area contributed by atoms with Gasteiger partial charge in [-0.25, -0.2) is 9.67 Å². The highest BCUT2D eigenvalue weighted by Gasteiger charge is 2.11. The highest BCUT2D eigenvalue weighted by molar-refractivity contribution is 9.10. The van der Waals surface area contributed by atoms with Crippen molar-refractivity contribution in [1.29, 1.82) is 0 Å². The minimum absolute atomic E-state index is 0.570. The third-order valence-corrected chi connectivity index (χ3v) is 3.41. The van der Waals surface area contributed by atoms with Gasteiger partial charge in [0.15, 0.2) is 0 Å². The van der Waals surface area contributed by atoms with Crippen molar-refractivity contribution in [2.24, 2.45) is 0 Å².